The molecule has 2 saturated heterocycles. The summed E-state index contributed by atoms with van der Waals surface area (Å²) in [5.74, 6) is -1.66. The number of esters is 1. The Kier molecular flexibility index (Phi) is 6.55. The molecule has 9 heteroatoms. The number of piperidine rings is 1. The van der Waals surface area contributed by atoms with Gasteiger partial charge in [-0.1, -0.05) is 30.4 Å². The lowest BCUT2D eigenvalue weighted by atomic mass is 9.90. The van der Waals surface area contributed by atoms with Crippen molar-refractivity contribution in [2.24, 2.45) is 0 Å². The average molecular weight is 441 g/mol. The molecule has 0 saturated carbocycles. The molecular weight excluding hydrogens is 414 g/mol. The van der Waals surface area contributed by atoms with Gasteiger partial charge in [0, 0.05) is 11.6 Å². The quantitative estimate of drug-likeness (QED) is 0.465. The van der Waals surface area contributed by atoms with Crippen molar-refractivity contribution >= 4 is 23.7 Å². The predicted molar refractivity (Wildman–Crippen MR) is 113 cm³/mol. The summed E-state index contributed by atoms with van der Waals surface area (Å²) in [4.78, 5) is 52.3. The number of hydrogen-bond acceptors (Lipinski definition) is 6. The van der Waals surface area contributed by atoms with Crippen LogP contribution in [0.1, 0.15) is 48.9 Å². The minimum absolute atomic E-state index is 0.116. The molecule has 4 rings (SSSR count). The second kappa shape index (κ2) is 9.52. The summed E-state index contributed by atoms with van der Waals surface area (Å²) in [7, 11) is 0. The van der Waals surface area contributed by atoms with Crippen molar-refractivity contribution in [2.45, 2.75) is 69.0 Å². The van der Waals surface area contributed by atoms with Gasteiger partial charge >= 0.3 is 5.97 Å². The Balaban J connectivity index is 1.52. The number of rotatable bonds is 4. The summed E-state index contributed by atoms with van der Waals surface area (Å²) < 4.78 is 4.69. The number of aliphatic hydroxyl groups excluding tert-OH is 1. The van der Waals surface area contributed by atoms with Crippen LogP contribution in [0.15, 0.2) is 42.5 Å². The van der Waals surface area contributed by atoms with Gasteiger partial charge in [-0.15, -0.1) is 0 Å². The third kappa shape index (κ3) is 4.67. The van der Waals surface area contributed by atoms with Crippen LogP contribution >= 0.6 is 0 Å². The van der Waals surface area contributed by atoms with E-state index in [-0.39, 0.29) is 24.3 Å². The van der Waals surface area contributed by atoms with Gasteiger partial charge in [-0.2, -0.15) is 0 Å². The Morgan fingerprint density at radius 1 is 1.03 bits per heavy atom. The molecule has 3 heterocycles. The van der Waals surface area contributed by atoms with Crippen LogP contribution in [0.3, 0.4) is 0 Å². The van der Waals surface area contributed by atoms with Crippen LogP contribution in [-0.2, 0) is 19.1 Å². The third-order valence-corrected chi connectivity index (χ3v) is 6.20. The standard InChI is InChI=1S/C23H27N3O6/c27-19-13-17(23(31)32-19)25-21(29)18-12-6-10-15-9-4-5-11-16(22(30)26(15)18)24-20(28)14-7-2-1-3-8-14/h1-5,7-8,15-18,23,31H,6,9-13H2,(H,24,28)(H,25,29)/b5-4-/t15-,16-,17?,18-,23?/m0/s1. The van der Waals surface area contributed by atoms with E-state index in [1.807, 2.05) is 18.2 Å². The molecule has 5 atom stereocenters. The maximum absolute atomic E-state index is 13.5. The zero-order chi connectivity index (χ0) is 22.7. The average Bonchev–Trinajstić information content (AvgIpc) is 3.10. The summed E-state index contributed by atoms with van der Waals surface area (Å²) in [6.45, 7) is 0. The number of amides is 3. The molecule has 3 N–H and O–H groups in total. The molecule has 0 radical (unpaired) electrons. The number of nitrogens with zero attached hydrogens (tertiary/aromatic N) is 1. The maximum Gasteiger partial charge on any atom is 0.310 e. The Hall–Kier alpha value is -3.20. The second-order valence-corrected chi connectivity index (χ2v) is 8.38. The number of fused-ring (bicyclic) bond motifs is 1. The van der Waals surface area contributed by atoms with Crippen molar-refractivity contribution in [3.63, 3.8) is 0 Å². The lowest BCUT2D eigenvalue weighted by molar-refractivity contribution is -0.156. The molecule has 3 amide bonds. The fourth-order valence-electron chi connectivity index (χ4n) is 4.57. The highest BCUT2D eigenvalue weighted by Crippen LogP contribution is 2.29. The molecular formula is C23H27N3O6. The summed E-state index contributed by atoms with van der Waals surface area (Å²) in [5.41, 5.74) is 0.454. The van der Waals surface area contributed by atoms with E-state index in [1.165, 1.54) is 0 Å². The van der Waals surface area contributed by atoms with Crippen LogP contribution in [0.5, 0.6) is 0 Å². The van der Waals surface area contributed by atoms with Gasteiger partial charge in [0.05, 0.1) is 6.42 Å². The highest BCUT2D eigenvalue weighted by atomic mass is 16.6. The Bertz CT molecular complexity index is 918. The van der Waals surface area contributed by atoms with Crippen molar-refractivity contribution in [3.8, 4) is 0 Å². The van der Waals surface area contributed by atoms with E-state index in [9.17, 15) is 24.3 Å². The van der Waals surface area contributed by atoms with Crippen LogP contribution in [0.2, 0.25) is 0 Å². The van der Waals surface area contributed by atoms with Crippen LogP contribution in [0.4, 0.5) is 0 Å². The van der Waals surface area contributed by atoms with Crippen molar-refractivity contribution in [3.05, 3.63) is 48.0 Å². The van der Waals surface area contributed by atoms with Gasteiger partial charge in [0.1, 0.15) is 18.1 Å². The Labute approximate surface area is 185 Å². The largest absolute Gasteiger partial charge is 0.434 e. The first kappa shape index (κ1) is 22.0. The van der Waals surface area contributed by atoms with E-state index in [4.69, 9.17) is 4.74 Å². The highest BCUT2D eigenvalue weighted by molar-refractivity contribution is 5.98. The van der Waals surface area contributed by atoms with Crippen LogP contribution in [0, 0.1) is 0 Å². The van der Waals surface area contributed by atoms with Crippen LogP contribution in [0.25, 0.3) is 0 Å². The number of cyclic esters (lactones) is 1. The first-order valence-corrected chi connectivity index (χ1v) is 10.9. The molecule has 3 aliphatic rings. The number of hydrogen-bond donors (Lipinski definition) is 3. The zero-order valence-electron chi connectivity index (χ0n) is 17.6. The molecule has 1 aromatic carbocycles. The third-order valence-electron chi connectivity index (χ3n) is 6.20. The molecule has 170 valence electrons. The minimum atomic E-state index is -1.39. The molecule has 32 heavy (non-hydrogen) atoms. The van der Waals surface area contributed by atoms with E-state index >= 15 is 0 Å². The van der Waals surface area contributed by atoms with Gasteiger partial charge in [0.15, 0.2) is 0 Å². The number of aliphatic hydroxyl groups is 1. The first-order valence-electron chi connectivity index (χ1n) is 10.9. The normalized spacial score (nSPS) is 31.0. The topological polar surface area (TPSA) is 125 Å². The van der Waals surface area contributed by atoms with Crippen molar-refractivity contribution < 1.29 is 29.0 Å². The van der Waals surface area contributed by atoms with Gasteiger partial charge in [-0.05, 0) is 44.2 Å². The van der Waals surface area contributed by atoms with Gasteiger partial charge in [-0.3, -0.25) is 19.2 Å². The molecule has 0 spiro atoms. The van der Waals surface area contributed by atoms with E-state index in [1.54, 1.807) is 29.2 Å². The predicted octanol–water partition coefficient (Wildman–Crippen LogP) is 0.635. The Morgan fingerprint density at radius 3 is 2.50 bits per heavy atom. The van der Waals surface area contributed by atoms with Crippen molar-refractivity contribution in [1.29, 1.82) is 0 Å². The van der Waals surface area contributed by atoms with E-state index in [0.717, 1.165) is 12.8 Å². The van der Waals surface area contributed by atoms with Gasteiger partial charge in [-0.25, -0.2) is 0 Å². The molecule has 2 unspecified atom stereocenters. The Morgan fingerprint density at radius 2 is 1.78 bits per heavy atom. The molecule has 2 fully saturated rings. The lowest BCUT2D eigenvalue weighted by Gasteiger charge is -2.43. The van der Waals surface area contributed by atoms with E-state index in [2.05, 4.69) is 10.6 Å². The smallest absolute Gasteiger partial charge is 0.310 e. The fraction of sp³-hybridized carbons (Fsp3) is 0.478. The summed E-state index contributed by atoms with van der Waals surface area (Å²) in [6.07, 6.45) is 5.32. The lowest BCUT2D eigenvalue weighted by Crippen LogP contribution is -2.62. The SMILES string of the molecule is O=C1CC(NC(=O)[C@@H]2CCC[C@@H]3C/C=C\C[C@H](NC(=O)c4ccccc4)C(=O)N32)C(O)O1. The maximum atomic E-state index is 13.5. The van der Waals surface area contributed by atoms with Crippen molar-refractivity contribution in [1.82, 2.24) is 15.5 Å². The van der Waals surface area contributed by atoms with Gasteiger partial charge < -0.3 is 25.4 Å². The molecule has 0 aromatic heterocycles. The highest BCUT2D eigenvalue weighted by Gasteiger charge is 2.43. The van der Waals surface area contributed by atoms with Crippen LogP contribution < -0.4 is 10.6 Å². The van der Waals surface area contributed by atoms with Gasteiger partial charge in [0.2, 0.25) is 18.1 Å². The van der Waals surface area contributed by atoms with Gasteiger partial charge in [0.25, 0.3) is 5.91 Å². The minimum Gasteiger partial charge on any atom is -0.434 e. The molecule has 1 aromatic rings. The molecule has 0 bridgehead atoms. The second-order valence-electron chi connectivity index (χ2n) is 8.38. The number of ether oxygens (including phenoxy) is 1. The number of carbonyl (C=O) groups excluding carboxylic acids is 4. The molecule has 3 aliphatic heterocycles. The number of benzene rings is 1. The summed E-state index contributed by atoms with van der Waals surface area (Å²) in [6, 6.07) is 6.12. The summed E-state index contributed by atoms with van der Waals surface area (Å²) >= 11 is 0. The first-order chi connectivity index (χ1) is 15.4. The van der Waals surface area contributed by atoms with Crippen LogP contribution in [-0.4, -0.2) is 64.2 Å². The van der Waals surface area contributed by atoms with E-state index in [0.29, 0.717) is 24.8 Å². The fourth-order valence-corrected chi connectivity index (χ4v) is 4.57. The zero-order valence-corrected chi connectivity index (χ0v) is 17.6. The number of carbonyl (C=O) groups is 4. The summed E-state index contributed by atoms with van der Waals surface area (Å²) in [5, 5.41) is 15.3. The van der Waals surface area contributed by atoms with E-state index < -0.39 is 36.3 Å². The number of nitrogens with one attached hydrogen (secondary N) is 2. The van der Waals surface area contributed by atoms with Crippen molar-refractivity contribution in [2.75, 3.05) is 0 Å². The monoisotopic (exact) mass is 441 g/mol. The molecule has 9 nitrogen and oxygen atoms in total. The molecule has 0 aliphatic carbocycles.